The number of methoxy groups -OCH3 is 1. The lowest BCUT2D eigenvalue weighted by molar-refractivity contribution is -0.143. The number of esters is 1. The van der Waals surface area contributed by atoms with Crippen molar-refractivity contribution in [1.29, 1.82) is 0 Å². The van der Waals surface area contributed by atoms with Gasteiger partial charge in [-0.05, 0) is 32.6 Å². The summed E-state index contributed by atoms with van der Waals surface area (Å²) in [6.45, 7) is 3.90. The second-order valence-corrected chi connectivity index (χ2v) is 7.23. The highest BCUT2D eigenvalue weighted by molar-refractivity contribution is 7.88. The van der Waals surface area contributed by atoms with Crippen LogP contribution in [0.3, 0.4) is 0 Å². The van der Waals surface area contributed by atoms with Gasteiger partial charge in [0.2, 0.25) is 10.0 Å². The van der Waals surface area contributed by atoms with Gasteiger partial charge in [0.05, 0.1) is 13.4 Å². The number of hydrogen-bond acceptors (Lipinski definition) is 5. The van der Waals surface area contributed by atoms with Crippen LogP contribution in [0, 0.1) is 5.92 Å². The van der Waals surface area contributed by atoms with Gasteiger partial charge in [-0.3, -0.25) is 4.79 Å². The SMILES string of the molecule is COC(=O)C(NCC(C)(C)NS(C)(=O)=O)C1CC1. The molecule has 106 valence electrons. The minimum atomic E-state index is -3.27. The molecule has 0 aromatic carbocycles. The summed E-state index contributed by atoms with van der Waals surface area (Å²) in [5, 5.41) is 3.09. The topological polar surface area (TPSA) is 84.5 Å². The van der Waals surface area contributed by atoms with Crippen LogP contribution in [0.15, 0.2) is 0 Å². The van der Waals surface area contributed by atoms with E-state index in [4.69, 9.17) is 4.74 Å². The van der Waals surface area contributed by atoms with Crippen LogP contribution in [-0.4, -0.2) is 45.9 Å². The third-order valence-electron chi connectivity index (χ3n) is 2.77. The third kappa shape index (κ3) is 5.32. The molecule has 1 rings (SSSR count). The van der Waals surface area contributed by atoms with Crippen LogP contribution in [0.2, 0.25) is 0 Å². The smallest absolute Gasteiger partial charge is 0.323 e. The number of hydrogen-bond donors (Lipinski definition) is 2. The first kappa shape index (κ1) is 15.4. The number of carbonyl (C=O) groups excluding carboxylic acids is 1. The van der Waals surface area contributed by atoms with E-state index in [1.54, 1.807) is 13.8 Å². The number of nitrogens with one attached hydrogen (secondary N) is 2. The molecule has 1 aliphatic carbocycles. The highest BCUT2D eigenvalue weighted by Crippen LogP contribution is 2.33. The maximum atomic E-state index is 11.6. The standard InChI is InChI=1S/C11H22N2O4S/c1-11(2,13-18(4,15)16)7-12-9(8-5-6-8)10(14)17-3/h8-9,12-13H,5-7H2,1-4H3. The second-order valence-electron chi connectivity index (χ2n) is 5.48. The van der Waals surface area contributed by atoms with Crippen molar-refractivity contribution >= 4 is 16.0 Å². The van der Waals surface area contributed by atoms with Crippen molar-refractivity contribution in [1.82, 2.24) is 10.0 Å². The predicted molar refractivity (Wildman–Crippen MR) is 68.6 cm³/mol. The Bertz CT molecular complexity index is 401. The zero-order valence-corrected chi connectivity index (χ0v) is 12.1. The molecule has 0 aromatic heterocycles. The van der Waals surface area contributed by atoms with Gasteiger partial charge in [0.1, 0.15) is 6.04 Å². The molecule has 7 heteroatoms. The van der Waals surface area contributed by atoms with Crippen molar-refractivity contribution in [3.05, 3.63) is 0 Å². The quantitative estimate of drug-likeness (QED) is 0.633. The molecule has 0 saturated heterocycles. The molecule has 0 aliphatic heterocycles. The highest BCUT2D eigenvalue weighted by Gasteiger charge is 2.37. The van der Waals surface area contributed by atoms with E-state index >= 15 is 0 Å². The monoisotopic (exact) mass is 278 g/mol. The van der Waals surface area contributed by atoms with Crippen molar-refractivity contribution in [3.8, 4) is 0 Å². The van der Waals surface area contributed by atoms with Crippen LogP contribution in [0.4, 0.5) is 0 Å². The zero-order chi connectivity index (χ0) is 14.0. The van der Waals surface area contributed by atoms with Crippen molar-refractivity contribution in [2.45, 2.75) is 38.3 Å². The maximum absolute atomic E-state index is 11.6. The summed E-state index contributed by atoms with van der Waals surface area (Å²) in [6.07, 6.45) is 3.13. The lowest BCUT2D eigenvalue weighted by atomic mass is 10.1. The molecule has 1 atom stereocenters. The summed E-state index contributed by atoms with van der Waals surface area (Å²) < 4.78 is 29.7. The number of ether oxygens (including phenoxy) is 1. The maximum Gasteiger partial charge on any atom is 0.323 e. The lowest BCUT2D eigenvalue weighted by Crippen LogP contribution is -2.53. The van der Waals surface area contributed by atoms with Gasteiger partial charge in [-0.25, -0.2) is 13.1 Å². The summed E-state index contributed by atoms with van der Waals surface area (Å²) in [5.74, 6) is 0.0270. The Balaban J connectivity index is 2.53. The van der Waals surface area contributed by atoms with Crippen LogP contribution in [0.1, 0.15) is 26.7 Å². The Labute approximate surface area is 109 Å². The van der Waals surface area contributed by atoms with E-state index < -0.39 is 15.6 Å². The molecule has 1 aliphatic rings. The Morgan fingerprint density at radius 2 is 2.00 bits per heavy atom. The Hall–Kier alpha value is -0.660. The normalized spacial score (nSPS) is 18.4. The molecule has 1 saturated carbocycles. The summed E-state index contributed by atoms with van der Waals surface area (Å²) in [6, 6.07) is -0.337. The number of rotatable bonds is 7. The van der Waals surface area contributed by atoms with Gasteiger partial charge in [-0.1, -0.05) is 0 Å². The van der Waals surface area contributed by atoms with Gasteiger partial charge in [-0.2, -0.15) is 0 Å². The fourth-order valence-corrected chi connectivity index (χ4v) is 2.98. The van der Waals surface area contributed by atoms with E-state index in [2.05, 4.69) is 10.0 Å². The molecule has 1 fully saturated rings. The minimum Gasteiger partial charge on any atom is -0.468 e. The fraction of sp³-hybridized carbons (Fsp3) is 0.909. The average Bonchev–Trinajstić information content (AvgIpc) is 2.97. The van der Waals surface area contributed by atoms with Gasteiger partial charge < -0.3 is 10.1 Å². The van der Waals surface area contributed by atoms with E-state index in [0.29, 0.717) is 12.5 Å². The van der Waals surface area contributed by atoms with Crippen LogP contribution < -0.4 is 10.0 Å². The summed E-state index contributed by atoms with van der Waals surface area (Å²) >= 11 is 0. The van der Waals surface area contributed by atoms with Crippen molar-refractivity contribution in [2.75, 3.05) is 19.9 Å². The first-order valence-electron chi connectivity index (χ1n) is 5.95. The summed E-state index contributed by atoms with van der Waals surface area (Å²) in [4.78, 5) is 11.6. The van der Waals surface area contributed by atoms with E-state index in [9.17, 15) is 13.2 Å². The van der Waals surface area contributed by atoms with E-state index in [1.807, 2.05) is 0 Å². The zero-order valence-electron chi connectivity index (χ0n) is 11.3. The van der Waals surface area contributed by atoms with Gasteiger partial charge in [0.25, 0.3) is 0 Å². The molecule has 0 aromatic rings. The average molecular weight is 278 g/mol. The highest BCUT2D eigenvalue weighted by atomic mass is 32.2. The molecular formula is C11H22N2O4S. The van der Waals surface area contributed by atoms with Gasteiger partial charge in [0, 0.05) is 12.1 Å². The first-order chi connectivity index (χ1) is 8.14. The molecule has 0 spiro atoms. The summed E-state index contributed by atoms with van der Waals surface area (Å²) in [7, 11) is -1.91. The van der Waals surface area contributed by atoms with E-state index in [0.717, 1.165) is 19.1 Å². The van der Waals surface area contributed by atoms with Crippen LogP contribution in [0.5, 0.6) is 0 Å². The van der Waals surface area contributed by atoms with Gasteiger partial charge in [-0.15, -0.1) is 0 Å². The fourth-order valence-electron chi connectivity index (χ4n) is 1.90. The second kappa shape index (κ2) is 5.54. The van der Waals surface area contributed by atoms with Crippen LogP contribution >= 0.6 is 0 Å². The van der Waals surface area contributed by atoms with Crippen LogP contribution in [0.25, 0.3) is 0 Å². The molecule has 0 radical (unpaired) electrons. The van der Waals surface area contributed by atoms with E-state index in [1.165, 1.54) is 7.11 Å². The molecule has 0 bridgehead atoms. The molecule has 0 heterocycles. The number of carbonyl (C=O) groups is 1. The Morgan fingerprint density at radius 3 is 2.39 bits per heavy atom. The van der Waals surface area contributed by atoms with Crippen molar-refractivity contribution in [2.24, 2.45) is 5.92 Å². The van der Waals surface area contributed by atoms with Crippen LogP contribution in [-0.2, 0) is 19.6 Å². The Morgan fingerprint density at radius 1 is 1.44 bits per heavy atom. The largest absolute Gasteiger partial charge is 0.468 e. The molecule has 6 nitrogen and oxygen atoms in total. The number of sulfonamides is 1. The van der Waals surface area contributed by atoms with E-state index in [-0.39, 0.29) is 12.0 Å². The molecular weight excluding hydrogens is 256 g/mol. The summed E-state index contributed by atoms with van der Waals surface area (Å²) in [5.41, 5.74) is -0.644. The lowest BCUT2D eigenvalue weighted by Gasteiger charge is -2.27. The molecule has 1 unspecified atom stereocenters. The first-order valence-corrected chi connectivity index (χ1v) is 7.84. The molecule has 0 amide bonds. The predicted octanol–water partition coefficient (Wildman–Crippen LogP) is -0.145. The van der Waals surface area contributed by atoms with Crippen molar-refractivity contribution in [3.63, 3.8) is 0 Å². The molecule has 2 N–H and O–H groups in total. The Kier molecular flexibility index (Phi) is 4.74. The van der Waals surface area contributed by atoms with Gasteiger partial charge in [0.15, 0.2) is 0 Å². The van der Waals surface area contributed by atoms with Gasteiger partial charge >= 0.3 is 5.97 Å². The third-order valence-corrected chi connectivity index (χ3v) is 3.70. The van der Waals surface area contributed by atoms with Crippen molar-refractivity contribution < 1.29 is 17.9 Å². The minimum absolute atomic E-state index is 0.285. The molecule has 18 heavy (non-hydrogen) atoms.